The maximum absolute atomic E-state index is 12.6. The van der Waals surface area contributed by atoms with Gasteiger partial charge in [0.05, 0.1) is 35.1 Å². The first kappa shape index (κ1) is 21.1. The normalized spacial score (nSPS) is 18.0. The molecule has 1 unspecified atom stereocenters. The second kappa shape index (κ2) is 8.42. The van der Waals surface area contributed by atoms with Crippen LogP contribution in [0.15, 0.2) is 42.5 Å². The first-order chi connectivity index (χ1) is 13.7. The molecule has 0 bridgehead atoms. The van der Waals surface area contributed by atoms with E-state index < -0.39 is 27.8 Å². The number of anilines is 1. The molecule has 0 aliphatic carbocycles. The number of rotatable bonds is 6. The van der Waals surface area contributed by atoms with Crippen LogP contribution < -0.4 is 14.4 Å². The van der Waals surface area contributed by atoms with Crippen LogP contribution in [0.4, 0.5) is 5.69 Å². The van der Waals surface area contributed by atoms with E-state index in [2.05, 4.69) is 5.32 Å². The molecule has 2 aromatic rings. The minimum absolute atomic E-state index is 0.103. The number of carbonyl (C=O) groups excluding carboxylic acids is 2. The third kappa shape index (κ3) is 4.38. The van der Waals surface area contributed by atoms with Crippen LogP contribution >= 0.6 is 11.6 Å². The highest BCUT2D eigenvalue weighted by molar-refractivity contribution is 7.94. The quantitative estimate of drug-likeness (QED) is 0.751. The Labute approximate surface area is 174 Å². The van der Waals surface area contributed by atoms with Gasteiger partial charge in [-0.25, -0.2) is 12.7 Å². The van der Waals surface area contributed by atoms with Gasteiger partial charge in [0.15, 0.2) is 0 Å². The summed E-state index contributed by atoms with van der Waals surface area (Å²) in [5.41, 5.74) is 1.16. The standard InChI is InChI=1S/C20H21ClN2O5S/c1-13-12-29(26,27)23(20(13)25)15-7-8-17(21)16(11-15)19(24)22-10-9-14-5-3-4-6-18(14)28-2/h3-8,11,13H,9-10,12H2,1-2H3,(H,22,24). The molecule has 1 aliphatic heterocycles. The van der Waals surface area contributed by atoms with Crippen molar-refractivity contribution in [2.45, 2.75) is 13.3 Å². The molecule has 1 heterocycles. The molecule has 1 aliphatic rings. The number of ether oxygens (including phenoxy) is 1. The summed E-state index contributed by atoms with van der Waals surface area (Å²) >= 11 is 6.14. The van der Waals surface area contributed by atoms with Gasteiger partial charge in [-0.1, -0.05) is 36.7 Å². The third-order valence-corrected chi connectivity index (χ3v) is 6.86. The highest BCUT2D eigenvalue weighted by Gasteiger charge is 2.42. The SMILES string of the molecule is COc1ccccc1CCNC(=O)c1cc(N2C(=O)C(C)CS2(=O)=O)ccc1Cl. The van der Waals surface area contributed by atoms with Crippen LogP contribution in [0, 0.1) is 5.92 Å². The predicted molar refractivity (Wildman–Crippen MR) is 111 cm³/mol. The predicted octanol–water partition coefficient (Wildman–Crippen LogP) is 2.63. The minimum Gasteiger partial charge on any atom is -0.496 e. The van der Waals surface area contributed by atoms with Gasteiger partial charge >= 0.3 is 0 Å². The first-order valence-electron chi connectivity index (χ1n) is 9.01. The van der Waals surface area contributed by atoms with E-state index in [4.69, 9.17) is 16.3 Å². The minimum atomic E-state index is -3.76. The van der Waals surface area contributed by atoms with E-state index in [1.54, 1.807) is 14.0 Å². The molecule has 9 heteroatoms. The molecule has 0 spiro atoms. The lowest BCUT2D eigenvalue weighted by atomic mass is 10.1. The van der Waals surface area contributed by atoms with E-state index in [0.717, 1.165) is 15.6 Å². The van der Waals surface area contributed by atoms with Crippen molar-refractivity contribution in [3.63, 3.8) is 0 Å². The molecule has 2 amide bonds. The lowest BCUT2D eigenvalue weighted by molar-refractivity contribution is -0.119. The molecule has 2 aromatic carbocycles. The molecule has 0 saturated carbocycles. The Bertz CT molecular complexity index is 1050. The Morgan fingerprint density at radius 2 is 2.00 bits per heavy atom. The summed E-state index contributed by atoms with van der Waals surface area (Å²) in [6, 6.07) is 11.7. The van der Waals surface area contributed by atoms with E-state index >= 15 is 0 Å². The number of hydrogen-bond acceptors (Lipinski definition) is 5. The molecule has 3 rings (SSSR count). The van der Waals surface area contributed by atoms with Gasteiger partial charge in [-0.15, -0.1) is 0 Å². The summed E-state index contributed by atoms with van der Waals surface area (Å²) in [7, 11) is -2.18. The van der Waals surface area contributed by atoms with Crippen molar-refractivity contribution in [2.24, 2.45) is 5.92 Å². The summed E-state index contributed by atoms with van der Waals surface area (Å²) in [6.07, 6.45) is 0.545. The zero-order valence-corrected chi connectivity index (χ0v) is 17.6. The van der Waals surface area contributed by atoms with Crippen molar-refractivity contribution in [3.05, 3.63) is 58.6 Å². The fourth-order valence-electron chi connectivity index (χ4n) is 3.22. The highest BCUT2D eigenvalue weighted by atomic mass is 35.5. The van der Waals surface area contributed by atoms with Crippen LogP contribution in [0.5, 0.6) is 5.75 Å². The zero-order chi connectivity index (χ0) is 21.2. The number of carbonyl (C=O) groups is 2. The van der Waals surface area contributed by atoms with Gasteiger partial charge in [0.2, 0.25) is 15.9 Å². The number of sulfonamides is 1. The van der Waals surface area contributed by atoms with Gasteiger partial charge in [-0.05, 0) is 36.2 Å². The molecule has 1 fully saturated rings. The van der Waals surface area contributed by atoms with Crippen molar-refractivity contribution in [3.8, 4) is 5.75 Å². The maximum Gasteiger partial charge on any atom is 0.252 e. The molecule has 154 valence electrons. The van der Waals surface area contributed by atoms with Gasteiger partial charge in [-0.2, -0.15) is 0 Å². The second-order valence-electron chi connectivity index (χ2n) is 6.76. The number of nitrogens with one attached hydrogen (secondary N) is 1. The number of halogens is 1. The van der Waals surface area contributed by atoms with Gasteiger partial charge < -0.3 is 10.1 Å². The third-order valence-electron chi connectivity index (χ3n) is 4.66. The number of nitrogens with zero attached hydrogens (tertiary/aromatic N) is 1. The number of amides is 2. The molecule has 29 heavy (non-hydrogen) atoms. The van der Waals surface area contributed by atoms with Crippen molar-refractivity contribution < 1.29 is 22.7 Å². The fraction of sp³-hybridized carbons (Fsp3) is 0.300. The zero-order valence-electron chi connectivity index (χ0n) is 16.0. The summed E-state index contributed by atoms with van der Waals surface area (Å²) in [4.78, 5) is 24.9. The van der Waals surface area contributed by atoms with Crippen LogP contribution in [-0.4, -0.2) is 39.6 Å². The molecule has 1 N–H and O–H groups in total. The van der Waals surface area contributed by atoms with Crippen LogP contribution in [0.3, 0.4) is 0 Å². The number of para-hydroxylation sites is 1. The molecule has 0 aromatic heterocycles. The van der Waals surface area contributed by atoms with Crippen LogP contribution in [-0.2, 0) is 21.2 Å². The Balaban J connectivity index is 1.76. The number of benzene rings is 2. The topological polar surface area (TPSA) is 92.8 Å². The van der Waals surface area contributed by atoms with Crippen LogP contribution in [0.25, 0.3) is 0 Å². The lowest BCUT2D eigenvalue weighted by Gasteiger charge is -2.17. The van der Waals surface area contributed by atoms with Crippen molar-refractivity contribution in [1.82, 2.24) is 5.32 Å². The van der Waals surface area contributed by atoms with E-state index in [1.807, 2.05) is 24.3 Å². The average molecular weight is 437 g/mol. The fourth-order valence-corrected chi connectivity index (χ4v) is 5.23. The number of hydrogen-bond donors (Lipinski definition) is 1. The summed E-state index contributed by atoms with van der Waals surface area (Å²) in [5.74, 6) is -1.13. The molecule has 1 atom stereocenters. The smallest absolute Gasteiger partial charge is 0.252 e. The summed E-state index contributed by atoms with van der Waals surface area (Å²) in [6.45, 7) is 1.89. The van der Waals surface area contributed by atoms with E-state index in [9.17, 15) is 18.0 Å². The molecular formula is C20H21ClN2O5S. The van der Waals surface area contributed by atoms with E-state index in [-0.39, 0.29) is 22.0 Å². The van der Waals surface area contributed by atoms with Gasteiger partial charge in [0.25, 0.3) is 5.91 Å². The van der Waals surface area contributed by atoms with Gasteiger partial charge in [-0.3, -0.25) is 9.59 Å². The van der Waals surface area contributed by atoms with E-state index in [1.165, 1.54) is 18.2 Å². The first-order valence-corrected chi connectivity index (χ1v) is 11.0. The molecule has 0 radical (unpaired) electrons. The van der Waals surface area contributed by atoms with Crippen LogP contribution in [0.2, 0.25) is 5.02 Å². The molecular weight excluding hydrogens is 416 g/mol. The molecule has 1 saturated heterocycles. The highest BCUT2D eigenvalue weighted by Crippen LogP contribution is 2.31. The van der Waals surface area contributed by atoms with Gasteiger partial charge in [0, 0.05) is 6.54 Å². The maximum atomic E-state index is 12.6. The van der Waals surface area contributed by atoms with Crippen molar-refractivity contribution in [2.75, 3.05) is 23.7 Å². The van der Waals surface area contributed by atoms with Crippen molar-refractivity contribution in [1.29, 1.82) is 0 Å². The van der Waals surface area contributed by atoms with Crippen molar-refractivity contribution >= 4 is 39.1 Å². The Hall–Kier alpha value is -2.58. The Kier molecular flexibility index (Phi) is 6.14. The summed E-state index contributed by atoms with van der Waals surface area (Å²) < 4.78 is 30.6. The largest absolute Gasteiger partial charge is 0.496 e. The Morgan fingerprint density at radius 1 is 1.28 bits per heavy atom. The number of methoxy groups -OCH3 is 1. The lowest BCUT2D eigenvalue weighted by Crippen LogP contribution is -2.31. The Morgan fingerprint density at radius 3 is 2.66 bits per heavy atom. The van der Waals surface area contributed by atoms with E-state index in [0.29, 0.717) is 13.0 Å². The second-order valence-corrected chi connectivity index (χ2v) is 9.03. The van der Waals surface area contributed by atoms with Crippen LogP contribution in [0.1, 0.15) is 22.8 Å². The summed E-state index contributed by atoms with van der Waals surface area (Å²) in [5, 5.41) is 2.93. The monoisotopic (exact) mass is 436 g/mol. The van der Waals surface area contributed by atoms with Gasteiger partial charge in [0.1, 0.15) is 5.75 Å². The molecule has 7 nitrogen and oxygen atoms in total. The average Bonchev–Trinajstić information content (AvgIpc) is 2.89.